The van der Waals surface area contributed by atoms with Gasteiger partial charge >= 0.3 is 0 Å². The molecule has 2 heterocycles. The standard InChI is InChI=1S/C58H38N2O/c1-58(45-19-6-3-7-20-45)50-24-12-10-22-47(50)56-48(23-14-25-51(56)58)53-36-52(59-57(60-53)38-16-4-2-5-17-38)44-33-42(40-28-27-37-15-8-9-18-39(37)31-40)32-43(34-44)41-29-30-55-49(35-41)46-21-11-13-26-54(46)61-55/h2-36H,1H3. The Hall–Kier alpha value is -7.88. The van der Waals surface area contributed by atoms with E-state index >= 15 is 0 Å². The molecule has 11 aromatic rings. The number of benzene rings is 9. The molecule has 0 fully saturated rings. The van der Waals surface area contributed by atoms with Crippen molar-refractivity contribution in [2.75, 3.05) is 0 Å². The van der Waals surface area contributed by atoms with E-state index in [1.807, 2.05) is 18.2 Å². The minimum absolute atomic E-state index is 0.328. The molecule has 0 N–H and O–H groups in total. The summed E-state index contributed by atoms with van der Waals surface area (Å²) >= 11 is 0. The van der Waals surface area contributed by atoms with E-state index in [-0.39, 0.29) is 5.41 Å². The molecule has 0 radical (unpaired) electrons. The maximum Gasteiger partial charge on any atom is 0.160 e. The van der Waals surface area contributed by atoms with Crippen LogP contribution in [0.25, 0.3) is 100.0 Å². The van der Waals surface area contributed by atoms with Gasteiger partial charge in [0, 0.05) is 32.9 Å². The van der Waals surface area contributed by atoms with E-state index in [9.17, 15) is 0 Å². The zero-order valence-electron chi connectivity index (χ0n) is 33.5. The first-order valence-corrected chi connectivity index (χ1v) is 20.9. The van der Waals surface area contributed by atoms with Crippen LogP contribution in [0.5, 0.6) is 0 Å². The SMILES string of the molecule is CC1(c2ccccc2)c2ccccc2-c2c(-c3cc(-c4cc(-c5ccc6ccccc6c5)cc(-c5ccc6oc7ccccc7c6c5)c4)nc(-c4ccccc4)n3)cccc21. The summed E-state index contributed by atoms with van der Waals surface area (Å²) in [7, 11) is 0. The molecule has 1 atom stereocenters. The minimum Gasteiger partial charge on any atom is -0.456 e. The fourth-order valence-corrected chi connectivity index (χ4v) is 9.67. The Morgan fingerprint density at radius 1 is 0.377 bits per heavy atom. The molecule has 2 aromatic heterocycles. The lowest BCUT2D eigenvalue weighted by Gasteiger charge is -2.28. The van der Waals surface area contributed by atoms with Crippen LogP contribution in [0.3, 0.4) is 0 Å². The molecule has 3 heteroatoms. The molecule has 1 aliphatic rings. The molecule has 12 rings (SSSR count). The van der Waals surface area contributed by atoms with Crippen molar-refractivity contribution < 1.29 is 4.42 Å². The van der Waals surface area contributed by atoms with Gasteiger partial charge in [-0.15, -0.1) is 0 Å². The summed E-state index contributed by atoms with van der Waals surface area (Å²) in [5.41, 5.74) is 17.0. The van der Waals surface area contributed by atoms with Crippen molar-refractivity contribution in [1.29, 1.82) is 0 Å². The molecule has 1 unspecified atom stereocenters. The lowest BCUT2D eigenvalue weighted by Crippen LogP contribution is -2.22. The number of hydrogen-bond donors (Lipinski definition) is 0. The van der Waals surface area contributed by atoms with Crippen molar-refractivity contribution in [3.8, 4) is 67.3 Å². The Labute approximate surface area is 354 Å². The third-order valence-electron chi connectivity index (χ3n) is 12.7. The van der Waals surface area contributed by atoms with Crippen LogP contribution in [0.4, 0.5) is 0 Å². The van der Waals surface area contributed by atoms with Gasteiger partial charge in [0.15, 0.2) is 5.82 Å². The second kappa shape index (κ2) is 13.9. The second-order valence-electron chi connectivity index (χ2n) is 16.3. The normalized spacial score (nSPS) is 14.4. The fourth-order valence-electron chi connectivity index (χ4n) is 9.67. The third kappa shape index (κ3) is 5.73. The molecule has 0 amide bonds. The Kier molecular flexibility index (Phi) is 7.98. The van der Waals surface area contributed by atoms with Crippen molar-refractivity contribution in [1.82, 2.24) is 9.97 Å². The van der Waals surface area contributed by atoms with E-state index in [2.05, 4.69) is 201 Å². The first-order valence-electron chi connectivity index (χ1n) is 20.9. The van der Waals surface area contributed by atoms with E-state index in [1.54, 1.807) is 0 Å². The summed E-state index contributed by atoms with van der Waals surface area (Å²) in [5, 5.41) is 4.63. The van der Waals surface area contributed by atoms with E-state index in [1.165, 1.54) is 38.6 Å². The van der Waals surface area contributed by atoms with Crippen molar-refractivity contribution in [3.05, 3.63) is 229 Å². The van der Waals surface area contributed by atoms with Crippen LogP contribution in [0.1, 0.15) is 23.6 Å². The van der Waals surface area contributed by atoms with Crippen LogP contribution < -0.4 is 0 Å². The third-order valence-corrected chi connectivity index (χ3v) is 12.7. The number of fused-ring (bicyclic) bond motifs is 7. The van der Waals surface area contributed by atoms with Crippen LogP contribution in [0.15, 0.2) is 217 Å². The lowest BCUT2D eigenvalue weighted by molar-refractivity contribution is 0.669. The average molecular weight is 779 g/mol. The molecule has 61 heavy (non-hydrogen) atoms. The molecule has 1 aliphatic carbocycles. The summed E-state index contributed by atoms with van der Waals surface area (Å²) < 4.78 is 6.26. The highest BCUT2D eigenvalue weighted by Crippen LogP contribution is 2.55. The van der Waals surface area contributed by atoms with Gasteiger partial charge in [-0.1, -0.05) is 164 Å². The molecular weight excluding hydrogens is 741 g/mol. The Balaban J connectivity index is 1.10. The largest absolute Gasteiger partial charge is 0.456 e. The zero-order valence-corrected chi connectivity index (χ0v) is 33.5. The van der Waals surface area contributed by atoms with Gasteiger partial charge in [-0.2, -0.15) is 0 Å². The van der Waals surface area contributed by atoms with E-state index < -0.39 is 0 Å². The highest BCUT2D eigenvalue weighted by Gasteiger charge is 2.41. The van der Waals surface area contributed by atoms with Crippen molar-refractivity contribution in [2.24, 2.45) is 0 Å². The summed E-state index contributed by atoms with van der Waals surface area (Å²) in [6, 6.07) is 76.0. The van der Waals surface area contributed by atoms with Crippen LogP contribution in [-0.4, -0.2) is 9.97 Å². The van der Waals surface area contributed by atoms with E-state index in [0.29, 0.717) is 5.82 Å². The maximum absolute atomic E-state index is 6.26. The van der Waals surface area contributed by atoms with Gasteiger partial charge in [0.05, 0.1) is 11.4 Å². The molecule has 0 bridgehead atoms. The predicted molar refractivity (Wildman–Crippen MR) is 251 cm³/mol. The van der Waals surface area contributed by atoms with Gasteiger partial charge in [0.2, 0.25) is 0 Å². The lowest BCUT2D eigenvalue weighted by atomic mass is 9.74. The monoisotopic (exact) mass is 778 g/mol. The fraction of sp³-hybridized carbons (Fsp3) is 0.0345. The van der Waals surface area contributed by atoms with Crippen LogP contribution in [-0.2, 0) is 5.41 Å². The Morgan fingerprint density at radius 2 is 1.00 bits per heavy atom. The van der Waals surface area contributed by atoms with Crippen molar-refractivity contribution in [3.63, 3.8) is 0 Å². The highest BCUT2D eigenvalue weighted by atomic mass is 16.3. The molecule has 0 aliphatic heterocycles. The molecular formula is C58H38N2O. The zero-order chi connectivity index (χ0) is 40.5. The minimum atomic E-state index is -0.328. The quantitative estimate of drug-likeness (QED) is 0.169. The molecule has 3 nitrogen and oxygen atoms in total. The topological polar surface area (TPSA) is 38.9 Å². The second-order valence-corrected chi connectivity index (χ2v) is 16.3. The summed E-state index contributed by atoms with van der Waals surface area (Å²) in [5.74, 6) is 0.687. The van der Waals surface area contributed by atoms with Crippen molar-refractivity contribution in [2.45, 2.75) is 12.3 Å². The van der Waals surface area contributed by atoms with Gasteiger partial charge in [-0.3, -0.25) is 0 Å². The number of aromatic nitrogens is 2. The number of furan rings is 1. The van der Waals surface area contributed by atoms with Crippen LogP contribution in [0, 0.1) is 0 Å². The molecule has 286 valence electrons. The molecule has 0 saturated heterocycles. The smallest absolute Gasteiger partial charge is 0.160 e. The summed E-state index contributed by atoms with van der Waals surface area (Å²) in [6.45, 7) is 2.36. The Bertz CT molecular complexity index is 3490. The molecule has 0 saturated carbocycles. The first kappa shape index (κ1) is 35.1. The number of rotatable bonds is 6. The van der Waals surface area contributed by atoms with E-state index in [0.717, 1.165) is 72.3 Å². The molecule has 9 aromatic carbocycles. The Morgan fingerprint density at radius 3 is 1.85 bits per heavy atom. The number of para-hydroxylation sites is 1. The summed E-state index contributed by atoms with van der Waals surface area (Å²) in [4.78, 5) is 10.8. The maximum atomic E-state index is 6.26. The molecule has 0 spiro atoms. The van der Waals surface area contributed by atoms with Gasteiger partial charge in [0.1, 0.15) is 11.2 Å². The van der Waals surface area contributed by atoms with E-state index in [4.69, 9.17) is 14.4 Å². The van der Waals surface area contributed by atoms with Gasteiger partial charge in [-0.05, 0) is 116 Å². The van der Waals surface area contributed by atoms with Gasteiger partial charge < -0.3 is 4.42 Å². The number of hydrogen-bond acceptors (Lipinski definition) is 3. The van der Waals surface area contributed by atoms with Crippen LogP contribution >= 0.6 is 0 Å². The van der Waals surface area contributed by atoms with Crippen molar-refractivity contribution >= 4 is 32.7 Å². The summed E-state index contributed by atoms with van der Waals surface area (Å²) in [6.07, 6.45) is 0. The van der Waals surface area contributed by atoms with Gasteiger partial charge in [-0.25, -0.2) is 9.97 Å². The predicted octanol–water partition coefficient (Wildman–Crippen LogP) is 15.2. The van der Waals surface area contributed by atoms with Crippen LogP contribution in [0.2, 0.25) is 0 Å². The first-order chi connectivity index (χ1) is 30.1. The average Bonchev–Trinajstić information content (AvgIpc) is 3.84. The van der Waals surface area contributed by atoms with Gasteiger partial charge in [0.25, 0.3) is 0 Å². The number of nitrogens with zero attached hydrogens (tertiary/aromatic N) is 2. The highest BCUT2D eigenvalue weighted by molar-refractivity contribution is 6.06.